The maximum Gasteiger partial charge on any atom is 0.248 e. The first kappa shape index (κ1) is 22.9. The number of benzene rings is 2. The molecule has 9 heteroatoms. The highest BCUT2D eigenvalue weighted by molar-refractivity contribution is 7.89. The minimum atomic E-state index is -3.86. The van der Waals surface area contributed by atoms with Gasteiger partial charge in [0.15, 0.2) is 0 Å². The molecule has 1 aliphatic rings. The lowest BCUT2D eigenvalue weighted by Gasteiger charge is -2.27. The Morgan fingerprint density at radius 1 is 1.12 bits per heavy atom. The minimum Gasteiger partial charge on any atom is -0.489 e. The quantitative estimate of drug-likeness (QED) is 0.279. The molecule has 0 radical (unpaired) electrons. The summed E-state index contributed by atoms with van der Waals surface area (Å²) in [6, 6.07) is 15.3. The first-order chi connectivity index (χ1) is 15.9. The van der Waals surface area contributed by atoms with Gasteiger partial charge in [-0.2, -0.15) is 0 Å². The van der Waals surface area contributed by atoms with Crippen molar-refractivity contribution >= 4 is 26.8 Å². The molecule has 0 spiro atoms. The first-order valence-corrected chi connectivity index (χ1v) is 12.0. The zero-order valence-corrected chi connectivity index (χ0v) is 18.9. The van der Waals surface area contributed by atoms with Crippen molar-refractivity contribution in [1.82, 2.24) is 15.2 Å². The minimum absolute atomic E-state index is 0.0674. The van der Waals surface area contributed by atoms with E-state index in [1.807, 2.05) is 43.3 Å². The van der Waals surface area contributed by atoms with Crippen molar-refractivity contribution in [3.8, 4) is 5.75 Å². The highest BCUT2D eigenvalue weighted by Gasteiger charge is 2.32. The average molecular weight is 468 g/mol. The molecule has 172 valence electrons. The number of hydrogen-bond acceptors (Lipinski definition) is 6. The van der Waals surface area contributed by atoms with Gasteiger partial charge in [-0.3, -0.25) is 15.0 Å². The number of aromatic nitrogens is 1. The fraction of sp³-hybridized carbons (Fsp3) is 0.250. The van der Waals surface area contributed by atoms with Crippen LogP contribution in [0.25, 0.3) is 10.9 Å². The molecule has 0 fully saturated rings. The summed E-state index contributed by atoms with van der Waals surface area (Å²) in [5, 5.41) is 9.95. The molecule has 3 N–H and O–H groups in total. The molecule has 0 bridgehead atoms. The third-order valence-corrected chi connectivity index (χ3v) is 7.15. The summed E-state index contributed by atoms with van der Waals surface area (Å²) in [7, 11) is -3.86. The Hall–Kier alpha value is -3.27. The van der Waals surface area contributed by atoms with Gasteiger partial charge in [0.1, 0.15) is 12.4 Å². The number of para-hydroxylation sites is 1. The van der Waals surface area contributed by atoms with Crippen LogP contribution in [-0.2, 0) is 21.4 Å². The number of nitrogens with one attached hydrogen (secondary N) is 2. The van der Waals surface area contributed by atoms with E-state index in [0.717, 1.165) is 22.2 Å². The number of carbonyl (C=O) groups is 1. The van der Waals surface area contributed by atoms with Gasteiger partial charge in [-0.15, -0.1) is 0 Å². The molecule has 33 heavy (non-hydrogen) atoms. The van der Waals surface area contributed by atoms with Crippen molar-refractivity contribution < 1.29 is 23.2 Å². The monoisotopic (exact) mass is 467 g/mol. The van der Waals surface area contributed by atoms with Crippen molar-refractivity contribution in [2.75, 3.05) is 0 Å². The molecule has 2 aromatic carbocycles. The number of nitrogens with zero attached hydrogens (tertiary/aromatic N) is 1. The zero-order valence-electron chi connectivity index (χ0n) is 18.1. The third-order valence-electron chi connectivity index (χ3n) is 5.64. The molecule has 1 amide bonds. The molecular weight excluding hydrogens is 442 g/mol. The van der Waals surface area contributed by atoms with E-state index >= 15 is 0 Å². The van der Waals surface area contributed by atoms with E-state index in [9.17, 15) is 13.2 Å². The molecular formula is C24H25N3O5S. The number of rotatable bonds is 7. The number of pyridine rings is 1. The van der Waals surface area contributed by atoms with Crippen LogP contribution >= 0.6 is 0 Å². The lowest BCUT2D eigenvalue weighted by molar-refractivity contribution is -0.134. The number of amides is 1. The molecule has 1 heterocycles. The summed E-state index contributed by atoms with van der Waals surface area (Å²) in [5.41, 5.74) is 4.40. The second kappa shape index (κ2) is 9.70. The normalized spacial score (nSPS) is 18.2. The summed E-state index contributed by atoms with van der Waals surface area (Å²) in [5.74, 6) is -0.767. The van der Waals surface area contributed by atoms with Gasteiger partial charge in [0.25, 0.3) is 0 Å². The fourth-order valence-electron chi connectivity index (χ4n) is 3.97. The van der Waals surface area contributed by atoms with Gasteiger partial charge in [-0.05, 0) is 56.2 Å². The van der Waals surface area contributed by atoms with E-state index < -0.39 is 27.9 Å². The smallest absolute Gasteiger partial charge is 0.248 e. The molecule has 8 nitrogen and oxygen atoms in total. The summed E-state index contributed by atoms with van der Waals surface area (Å²) < 4.78 is 34.2. The lowest BCUT2D eigenvalue weighted by atomic mass is 9.89. The number of hydroxylamine groups is 1. The van der Waals surface area contributed by atoms with Gasteiger partial charge in [-0.1, -0.05) is 30.4 Å². The van der Waals surface area contributed by atoms with E-state index in [1.54, 1.807) is 23.7 Å². The Labute approximate surface area is 192 Å². The number of hydrogen-bond donors (Lipinski definition) is 3. The van der Waals surface area contributed by atoms with Gasteiger partial charge in [0.05, 0.1) is 16.3 Å². The van der Waals surface area contributed by atoms with Crippen LogP contribution in [0.1, 0.15) is 24.1 Å². The summed E-state index contributed by atoms with van der Waals surface area (Å²) >= 11 is 0. The van der Waals surface area contributed by atoms with Gasteiger partial charge in [0.2, 0.25) is 15.9 Å². The fourth-order valence-corrected chi connectivity index (χ4v) is 5.26. The molecule has 1 aromatic heterocycles. The maximum atomic E-state index is 12.9. The Kier molecular flexibility index (Phi) is 6.73. The highest BCUT2D eigenvalue weighted by Crippen LogP contribution is 2.24. The largest absolute Gasteiger partial charge is 0.489 e. The van der Waals surface area contributed by atoms with E-state index in [1.165, 1.54) is 12.1 Å². The van der Waals surface area contributed by atoms with Crippen molar-refractivity contribution in [2.45, 2.75) is 37.3 Å². The molecule has 2 unspecified atom stereocenters. The predicted octanol–water partition coefficient (Wildman–Crippen LogP) is 3.24. The average Bonchev–Trinajstić information content (AvgIpc) is 2.82. The van der Waals surface area contributed by atoms with Crippen LogP contribution in [0.5, 0.6) is 5.75 Å². The SMILES string of the molecule is Cc1cc(COc2ccc(S(=O)(=O)NC3CC=CCC3C(=O)NO)cc2)c2ccccc2n1. The predicted molar refractivity (Wildman–Crippen MR) is 123 cm³/mol. The zero-order chi connectivity index (χ0) is 23.4. The number of allylic oxidation sites excluding steroid dienone is 1. The summed E-state index contributed by atoms with van der Waals surface area (Å²) in [6.45, 7) is 2.25. The number of carbonyl (C=O) groups excluding carboxylic acids is 1. The molecule has 2 atom stereocenters. The van der Waals surface area contributed by atoms with E-state index in [4.69, 9.17) is 9.94 Å². The molecule has 3 aromatic rings. The highest BCUT2D eigenvalue weighted by atomic mass is 32.2. The number of ether oxygens (including phenoxy) is 1. The Morgan fingerprint density at radius 2 is 1.85 bits per heavy atom. The van der Waals surface area contributed by atoms with Crippen LogP contribution in [0.15, 0.2) is 71.6 Å². The molecule has 1 aliphatic carbocycles. The van der Waals surface area contributed by atoms with E-state index in [2.05, 4.69) is 9.71 Å². The van der Waals surface area contributed by atoms with Gasteiger partial charge in [-0.25, -0.2) is 18.6 Å². The Balaban J connectivity index is 1.46. The van der Waals surface area contributed by atoms with Crippen molar-refractivity contribution in [3.05, 3.63) is 78.0 Å². The van der Waals surface area contributed by atoms with Gasteiger partial charge in [0, 0.05) is 22.7 Å². The summed E-state index contributed by atoms with van der Waals surface area (Å²) in [4.78, 5) is 16.5. The van der Waals surface area contributed by atoms with Crippen molar-refractivity contribution in [3.63, 3.8) is 0 Å². The maximum absolute atomic E-state index is 12.9. The Bertz CT molecular complexity index is 1290. The number of sulfonamides is 1. The molecule has 0 saturated heterocycles. The number of aryl methyl sites for hydroxylation is 1. The van der Waals surface area contributed by atoms with Crippen LogP contribution in [0.2, 0.25) is 0 Å². The van der Waals surface area contributed by atoms with Gasteiger partial charge < -0.3 is 4.74 Å². The number of fused-ring (bicyclic) bond motifs is 1. The third kappa shape index (κ3) is 5.22. The van der Waals surface area contributed by atoms with E-state index in [0.29, 0.717) is 25.2 Å². The lowest BCUT2D eigenvalue weighted by Crippen LogP contribution is -2.46. The molecule has 0 aliphatic heterocycles. The van der Waals surface area contributed by atoms with Crippen molar-refractivity contribution in [1.29, 1.82) is 0 Å². The second-order valence-electron chi connectivity index (χ2n) is 7.95. The first-order valence-electron chi connectivity index (χ1n) is 10.6. The van der Waals surface area contributed by atoms with Crippen LogP contribution in [-0.4, -0.2) is 30.6 Å². The van der Waals surface area contributed by atoms with E-state index in [-0.39, 0.29) is 4.90 Å². The van der Waals surface area contributed by atoms with Crippen LogP contribution in [0, 0.1) is 12.8 Å². The van der Waals surface area contributed by atoms with Crippen LogP contribution in [0.4, 0.5) is 0 Å². The standard InChI is InChI=1S/C24H25N3O5S/c1-16-14-17(20-6-2-4-8-22(20)25-16)15-32-18-10-12-19(13-11-18)33(30,31)27-23-9-5-3-7-21(23)24(28)26-29/h2-6,8,10-14,21,23,27,29H,7,9,15H2,1H3,(H,26,28). The van der Waals surface area contributed by atoms with Crippen LogP contribution < -0.4 is 14.9 Å². The molecule has 0 saturated carbocycles. The second-order valence-corrected chi connectivity index (χ2v) is 9.67. The van der Waals surface area contributed by atoms with Crippen molar-refractivity contribution in [2.24, 2.45) is 5.92 Å². The topological polar surface area (TPSA) is 118 Å². The molecule has 4 rings (SSSR count). The Morgan fingerprint density at radius 3 is 2.61 bits per heavy atom. The van der Waals surface area contributed by atoms with Crippen LogP contribution in [0.3, 0.4) is 0 Å². The van der Waals surface area contributed by atoms with Gasteiger partial charge >= 0.3 is 0 Å². The summed E-state index contributed by atoms with van der Waals surface area (Å²) in [6.07, 6.45) is 4.31.